The van der Waals surface area contributed by atoms with E-state index in [-0.39, 0.29) is 17.5 Å². The molecule has 1 aliphatic heterocycles. The molecule has 0 saturated carbocycles. The number of halogens is 1. The number of ketones is 1. The molecule has 5 nitrogen and oxygen atoms in total. The molecular weight excluding hydrogens is 397 g/mol. The first-order chi connectivity index (χ1) is 14.9. The summed E-state index contributed by atoms with van der Waals surface area (Å²) in [5.41, 5.74) is 3.52. The highest BCUT2D eigenvalue weighted by Crippen LogP contribution is 2.47. The Labute approximate surface area is 180 Å². The van der Waals surface area contributed by atoms with E-state index in [0.29, 0.717) is 29.7 Å². The van der Waals surface area contributed by atoms with Crippen molar-refractivity contribution in [2.45, 2.75) is 24.7 Å². The molecule has 0 radical (unpaired) electrons. The zero-order chi connectivity index (χ0) is 22.1. The summed E-state index contributed by atoms with van der Waals surface area (Å²) in [5.74, 6) is -1.48. The Hall–Kier alpha value is -3.41. The zero-order valence-corrected chi connectivity index (χ0v) is 17.5. The van der Waals surface area contributed by atoms with E-state index < -0.39 is 17.8 Å². The molecule has 0 aromatic heterocycles. The topological polar surface area (TPSA) is 64.6 Å². The van der Waals surface area contributed by atoms with Gasteiger partial charge in [0.25, 0.3) is 0 Å². The van der Waals surface area contributed by atoms with Crippen molar-refractivity contribution >= 4 is 11.8 Å². The highest BCUT2D eigenvalue weighted by Gasteiger charge is 2.45. The minimum atomic E-state index is -0.768. The second-order valence-electron chi connectivity index (χ2n) is 7.87. The minimum Gasteiger partial charge on any atom is -0.497 e. The van der Waals surface area contributed by atoms with Crippen molar-refractivity contribution in [3.8, 4) is 5.75 Å². The molecule has 0 amide bonds. The second-order valence-corrected chi connectivity index (χ2v) is 7.87. The molecule has 6 heteroatoms. The smallest absolute Gasteiger partial charge is 0.315 e. The van der Waals surface area contributed by atoms with Gasteiger partial charge in [-0.05, 0) is 47.7 Å². The fourth-order valence-electron chi connectivity index (χ4n) is 4.60. The van der Waals surface area contributed by atoms with Crippen LogP contribution >= 0.6 is 0 Å². The van der Waals surface area contributed by atoms with Gasteiger partial charge in [0.05, 0.1) is 14.2 Å². The quantitative estimate of drug-likeness (QED) is 0.749. The Morgan fingerprint density at radius 3 is 2.29 bits per heavy atom. The normalized spacial score (nSPS) is 23.1. The first kappa shape index (κ1) is 20.8. The standard InChI is InChI=1S/C25H24FNO4/c1-14-22(25(29)31-3)23(16-4-8-18(26)9-5-16)24-20(27-14)12-17(13-21(24)28)15-6-10-19(30-2)11-7-15/h4-11,17,22-23,27H,1,12-13H2,2-3H3. The molecule has 1 N–H and O–H groups in total. The summed E-state index contributed by atoms with van der Waals surface area (Å²) < 4.78 is 23.8. The van der Waals surface area contributed by atoms with E-state index in [4.69, 9.17) is 9.47 Å². The fourth-order valence-corrected chi connectivity index (χ4v) is 4.60. The van der Waals surface area contributed by atoms with E-state index in [9.17, 15) is 14.0 Å². The number of rotatable bonds is 4. The van der Waals surface area contributed by atoms with Gasteiger partial charge in [-0.15, -0.1) is 0 Å². The molecular formula is C25H24FNO4. The second kappa shape index (κ2) is 8.38. The Morgan fingerprint density at radius 2 is 1.68 bits per heavy atom. The molecule has 0 bridgehead atoms. The third-order valence-electron chi connectivity index (χ3n) is 6.11. The molecule has 0 fully saturated rings. The van der Waals surface area contributed by atoms with Gasteiger partial charge in [-0.25, -0.2) is 4.39 Å². The molecule has 3 unspecified atom stereocenters. The number of methoxy groups -OCH3 is 2. The van der Waals surface area contributed by atoms with Gasteiger partial charge in [0.2, 0.25) is 0 Å². The monoisotopic (exact) mass is 421 g/mol. The van der Waals surface area contributed by atoms with Crippen molar-refractivity contribution < 1.29 is 23.5 Å². The maximum absolute atomic E-state index is 13.5. The van der Waals surface area contributed by atoms with Crippen LogP contribution in [0, 0.1) is 11.7 Å². The predicted molar refractivity (Wildman–Crippen MR) is 114 cm³/mol. The number of hydrogen-bond donors (Lipinski definition) is 1. The highest BCUT2D eigenvalue weighted by atomic mass is 19.1. The number of carbonyl (C=O) groups is 2. The van der Waals surface area contributed by atoms with Crippen LogP contribution in [-0.2, 0) is 14.3 Å². The summed E-state index contributed by atoms with van der Waals surface area (Å²) in [6.07, 6.45) is 0.933. The van der Waals surface area contributed by atoms with E-state index >= 15 is 0 Å². The number of allylic oxidation sites excluding steroid dienone is 2. The van der Waals surface area contributed by atoms with Gasteiger partial charge >= 0.3 is 5.97 Å². The molecule has 2 aromatic carbocycles. The van der Waals surface area contributed by atoms with Crippen molar-refractivity contribution in [3.63, 3.8) is 0 Å². The van der Waals surface area contributed by atoms with Crippen molar-refractivity contribution in [1.82, 2.24) is 5.32 Å². The largest absolute Gasteiger partial charge is 0.497 e. The summed E-state index contributed by atoms with van der Waals surface area (Å²) in [6.45, 7) is 4.05. The van der Waals surface area contributed by atoms with Crippen LogP contribution in [0.1, 0.15) is 35.8 Å². The number of benzene rings is 2. The fraction of sp³-hybridized carbons (Fsp3) is 0.280. The molecule has 0 saturated heterocycles. The first-order valence-corrected chi connectivity index (χ1v) is 10.1. The molecule has 160 valence electrons. The van der Waals surface area contributed by atoms with Gasteiger partial charge in [-0.3, -0.25) is 9.59 Å². The average Bonchev–Trinajstić information content (AvgIpc) is 2.78. The Kier molecular flexibility index (Phi) is 5.63. The summed E-state index contributed by atoms with van der Waals surface area (Å²) in [4.78, 5) is 26.0. The summed E-state index contributed by atoms with van der Waals surface area (Å²) >= 11 is 0. The van der Waals surface area contributed by atoms with Crippen molar-refractivity contribution in [2.24, 2.45) is 5.92 Å². The Balaban J connectivity index is 1.76. The third kappa shape index (κ3) is 3.85. The molecule has 3 atom stereocenters. The molecule has 1 heterocycles. The van der Waals surface area contributed by atoms with Crippen LogP contribution in [0.15, 0.2) is 72.1 Å². The zero-order valence-electron chi connectivity index (χ0n) is 17.5. The van der Waals surface area contributed by atoms with Crippen LogP contribution in [0.3, 0.4) is 0 Å². The van der Waals surface area contributed by atoms with E-state index in [2.05, 4.69) is 11.9 Å². The molecule has 0 spiro atoms. The van der Waals surface area contributed by atoms with E-state index in [1.807, 2.05) is 24.3 Å². The van der Waals surface area contributed by atoms with Gasteiger partial charge in [0.15, 0.2) is 5.78 Å². The Bertz CT molecular complexity index is 1060. The summed E-state index contributed by atoms with van der Waals surface area (Å²) in [6, 6.07) is 13.6. The number of Topliss-reactive ketones (excluding diaryl/α,β-unsaturated/α-hetero) is 1. The van der Waals surface area contributed by atoms with Gasteiger partial charge in [-0.2, -0.15) is 0 Å². The number of ether oxygens (including phenoxy) is 2. The molecule has 1 aliphatic carbocycles. The lowest BCUT2D eigenvalue weighted by atomic mass is 9.69. The maximum atomic E-state index is 13.5. The van der Waals surface area contributed by atoms with E-state index in [0.717, 1.165) is 17.0 Å². The van der Waals surface area contributed by atoms with Crippen LogP contribution in [0.2, 0.25) is 0 Å². The number of nitrogens with one attached hydrogen (secondary N) is 1. The number of carbonyl (C=O) groups excluding carboxylic acids is 2. The molecule has 31 heavy (non-hydrogen) atoms. The van der Waals surface area contributed by atoms with Crippen LogP contribution in [0.5, 0.6) is 5.75 Å². The van der Waals surface area contributed by atoms with Gasteiger partial charge in [0, 0.05) is 29.3 Å². The van der Waals surface area contributed by atoms with E-state index in [1.54, 1.807) is 19.2 Å². The number of esters is 1. The van der Waals surface area contributed by atoms with Crippen LogP contribution in [0.25, 0.3) is 0 Å². The van der Waals surface area contributed by atoms with E-state index in [1.165, 1.54) is 19.2 Å². The van der Waals surface area contributed by atoms with Gasteiger partial charge in [-0.1, -0.05) is 30.8 Å². The average molecular weight is 421 g/mol. The lowest BCUT2D eigenvalue weighted by molar-refractivity contribution is -0.144. The lowest BCUT2D eigenvalue weighted by Gasteiger charge is -2.40. The summed E-state index contributed by atoms with van der Waals surface area (Å²) in [5, 5.41) is 3.21. The van der Waals surface area contributed by atoms with Gasteiger partial charge < -0.3 is 14.8 Å². The van der Waals surface area contributed by atoms with Crippen molar-refractivity contribution in [1.29, 1.82) is 0 Å². The molecule has 2 aliphatic rings. The van der Waals surface area contributed by atoms with Crippen molar-refractivity contribution in [3.05, 3.63) is 89.0 Å². The predicted octanol–water partition coefficient (Wildman–Crippen LogP) is 4.22. The van der Waals surface area contributed by atoms with Crippen LogP contribution < -0.4 is 10.1 Å². The van der Waals surface area contributed by atoms with Gasteiger partial charge in [0.1, 0.15) is 17.5 Å². The molecule has 4 rings (SSSR count). The van der Waals surface area contributed by atoms with Crippen LogP contribution in [-0.4, -0.2) is 26.0 Å². The van der Waals surface area contributed by atoms with Crippen molar-refractivity contribution in [2.75, 3.05) is 14.2 Å². The first-order valence-electron chi connectivity index (χ1n) is 10.1. The molecule has 2 aromatic rings. The lowest BCUT2D eigenvalue weighted by Crippen LogP contribution is -2.42. The minimum absolute atomic E-state index is 0.000926. The SMILES string of the molecule is C=C1NC2=C(C(=O)CC(c3ccc(OC)cc3)C2)C(c2ccc(F)cc2)C1C(=O)OC. The Morgan fingerprint density at radius 1 is 1.03 bits per heavy atom. The third-order valence-corrected chi connectivity index (χ3v) is 6.11. The highest BCUT2D eigenvalue weighted by molar-refractivity contribution is 6.01. The number of hydrogen-bond acceptors (Lipinski definition) is 5. The van der Waals surface area contributed by atoms with Crippen LogP contribution in [0.4, 0.5) is 4.39 Å². The summed E-state index contributed by atoms with van der Waals surface area (Å²) in [7, 11) is 2.92. The maximum Gasteiger partial charge on any atom is 0.315 e.